The van der Waals surface area contributed by atoms with Crippen LogP contribution in [0.4, 0.5) is 0 Å². The molecule has 0 atom stereocenters. The lowest BCUT2D eigenvalue weighted by atomic mass is 10.3. The first-order valence-electron chi connectivity index (χ1n) is 10.4. The normalized spacial score (nSPS) is 11.0. The van der Waals surface area contributed by atoms with Crippen LogP contribution in [0.1, 0.15) is 6.42 Å². The molecule has 0 radical (unpaired) electrons. The molecule has 0 bridgehead atoms. The van der Waals surface area contributed by atoms with Crippen molar-refractivity contribution in [3.05, 3.63) is 91.0 Å². The summed E-state index contributed by atoms with van der Waals surface area (Å²) in [7, 11) is -0.235. The molecule has 3 rings (SSSR count). The number of guanidine groups is 1. The zero-order chi connectivity index (χ0) is 22.1. The van der Waals surface area contributed by atoms with Crippen LogP contribution < -0.4 is 27.0 Å². The van der Waals surface area contributed by atoms with E-state index in [0.717, 1.165) is 12.6 Å². The van der Waals surface area contributed by atoms with Crippen LogP contribution >= 0.6 is 7.26 Å². The molecule has 0 aromatic heterocycles. The predicted octanol–water partition coefficient (Wildman–Crippen LogP) is 2.31. The maximum Gasteiger partial charge on any atom is 0.239 e. The number of nitrogens with two attached hydrogens (primary N) is 1. The molecule has 1 amide bonds. The van der Waals surface area contributed by atoms with Gasteiger partial charge in [0.1, 0.15) is 23.2 Å². The number of hydrogen-bond donors (Lipinski definition) is 3. The van der Waals surface area contributed by atoms with Crippen LogP contribution in [0.15, 0.2) is 91.0 Å². The predicted molar refractivity (Wildman–Crippen MR) is 132 cm³/mol. The molecule has 0 saturated heterocycles. The van der Waals surface area contributed by atoms with Gasteiger partial charge in [-0.05, 0) is 42.8 Å². The van der Waals surface area contributed by atoms with E-state index in [1.165, 1.54) is 20.8 Å². The zero-order valence-corrected chi connectivity index (χ0v) is 18.8. The fourth-order valence-corrected chi connectivity index (χ4v) is 8.13. The van der Waals surface area contributed by atoms with Gasteiger partial charge < -0.3 is 16.0 Å². The number of amides is 1. The summed E-state index contributed by atoms with van der Waals surface area (Å²) in [5.74, 6) is -0.238. The Bertz CT molecular complexity index is 884. The summed E-state index contributed by atoms with van der Waals surface area (Å²) in [4.78, 5) is 13.6. The molecule has 4 N–H and O–H groups in total. The Morgan fingerprint density at radius 2 is 1.29 bits per heavy atom. The lowest BCUT2D eigenvalue weighted by Crippen LogP contribution is -2.41. The summed E-state index contributed by atoms with van der Waals surface area (Å²) < 4.78 is 0. The number of likely N-dealkylation sites (N-methyl/N-ethyl adjacent to an activating group) is 1. The van der Waals surface area contributed by atoms with Crippen molar-refractivity contribution in [1.82, 2.24) is 10.2 Å². The fraction of sp³-hybridized carbons (Fsp3) is 0.200. The summed E-state index contributed by atoms with van der Waals surface area (Å²) in [5, 5.41) is 14.4. The van der Waals surface area contributed by atoms with Gasteiger partial charge in [0.15, 0.2) is 5.96 Å². The highest BCUT2D eigenvalue weighted by atomic mass is 31.2. The molecule has 0 aliphatic heterocycles. The van der Waals surface area contributed by atoms with Crippen molar-refractivity contribution >= 4 is 35.0 Å². The van der Waals surface area contributed by atoms with Gasteiger partial charge in [-0.1, -0.05) is 54.6 Å². The van der Waals surface area contributed by atoms with Crippen LogP contribution in [0.5, 0.6) is 0 Å². The maximum absolute atomic E-state index is 12.2. The number of benzene rings is 3. The van der Waals surface area contributed by atoms with Crippen LogP contribution in [-0.2, 0) is 4.79 Å². The van der Waals surface area contributed by atoms with Gasteiger partial charge >= 0.3 is 0 Å². The van der Waals surface area contributed by atoms with Gasteiger partial charge in [-0.3, -0.25) is 10.2 Å². The molecular weight excluding hydrogens is 403 g/mol. The van der Waals surface area contributed by atoms with E-state index in [9.17, 15) is 4.79 Å². The van der Waals surface area contributed by atoms with E-state index in [1.807, 2.05) is 0 Å². The first kappa shape index (κ1) is 22.5. The van der Waals surface area contributed by atoms with E-state index >= 15 is 0 Å². The summed E-state index contributed by atoms with van der Waals surface area (Å²) >= 11 is 0. The number of nitrogens with zero attached hydrogens (tertiary/aromatic N) is 1. The third kappa shape index (κ3) is 5.50. The second kappa shape index (κ2) is 10.7. The van der Waals surface area contributed by atoms with Gasteiger partial charge in [-0.15, -0.1) is 0 Å². The SMILES string of the molecule is CN(CC(=O)NCCC[P+](c1ccccc1)(c1ccccc1)c1ccccc1)C(=N)N. The molecule has 0 fully saturated rings. The smallest absolute Gasteiger partial charge is 0.239 e. The highest BCUT2D eigenvalue weighted by Crippen LogP contribution is 2.55. The average molecular weight is 434 g/mol. The second-order valence-corrected chi connectivity index (χ2v) is 11.1. The van der Waals surface area contributed by atoms with E-state index < -0.39 is 7.26 Å². The minimum atomic E-state index is -1.87. The fourth-order valence-electron chi connectivity index (χ4n) is 3.78. The Hall–Kier alpha value is -3.17. The third-order valence-corrected chi connectivity index (χ3v) is 9.90. The number of hydrogen-bond acceptors (Lipinski definition) is 2. The standard InChI is InChI=1S/C25H29N4OP/c1-29(25(26)27)20-24(30)28-18-11-19-31(21-12-5-2-6-13-21,22-14-7-3-8-15-22)23-16-9-4-10-17-23/h2-10,12-17H,11,18-20H2,1H3,(H3-,26,27,28,30)/p+1. The van der Waals surface area contributed by atoms with Crippen molar-refractivity contribution in [2.75, 3.05) is 26.3 Å². The summed E-state index contributed by atoms with van der Waals surface area (Å²) in [6.07, 6.45) is 1.80. The average Bonchev–Trinajstić information content (AvgIpc) is 2.81. The molecule has 3 aromatic rings. The Kier molecular flexibility index (Phi) is 7.80. The molecule has 0 unspecified atom stereocenters. The van der Waals surface area contributed by atoms with Gasteiger partial charge in [0.2, 0.25) is 5.91 Å². The van der Waals surface area contributed by atoms with E-state index in [1.54, 1.807) is 7.05 Å². The van der Waals surface area contributed by atoms with Gasteiger partial charge in [0.05, 0.1) is 12.7 Å². The lowest BCUT2D eigenvalue weighted by Gasteiger charge is -2.27. The van der Waals surface area contributed by atoms with E-state index in [0.29, 0.717) is 6.54 Å². The Labute approximate surface area is 185 Å². The van der Waals surface area contributed by atoms with Crippen LogP contribution in [0.3, 0.4) is 0 Å². The Balaban J connectivity index is 1.87. The first-order chi connectivity index (χ1) is 15.0. The quantitative estimate of drug-likeness (QED) is 0.210. The molecule has 3 aromatic carbocycles. The van der Waals surface area contributed by atoms with Crippen LogP contribution in [0.2, 0.25) is 0 Å². The number of carbonyl (C=O) groups is 1. The Morgan fingerprint density at radius 3 is 1.68 bits per heavy atom. The summed E-state index contributed by atoms with van der Waals surface area (Å²) in [5.41, 5.74) is 5.42. The molecule has 5 nitrogen and oxygen atoms in total. The monoisotopic (exact) mass is 433 g/mol. The van der Waals surface area contributed by atoms with Crippen LogP contribution in [-0.4, -0.2) is 43.1 Å². The molecule has 0 aliphatic carbocycles. The summed E-state index contributed by atoms with van der Waals surface area (Å²) in [6, 6.07) is 32.2. The lowest BCUT2D eigenvalue weighted by molar-refractivity contribution is -0.121. The largest absolute Gasteiger partial charge is 0.370 e. The van der Waals surface area contributed by atoms with Crippen LogP contribution in [0.25, 0.3) is 0 Å². The molecule has 160 valence electrons. The highest BCUT2D eigenvalue weighted by Gasteiger charge is 2.44. The van der Waals surface area contributed by atoms with Crippen LogP contribution in [0, 0.1) is 5.41 Å². The second-order valence-electron chi connectivity index (χ2n) is 7.48. The van der Waals surface area contributed by atoms with Crippen molar-refractivity contribution in [2.24, 2.45) is 5.73 Å². The van der Waals surface area contributed by atoms with Gasteiger partial charge in [-0.2, -0.15) is 0 Å². The van der Waals surface area contributed by atoms with Crippen molar-refractivity contribution in [3.8, 4) is 0 Å². The molecule has 0 heterocycles. The topological polar surface area (TPSA) is 82.2 Å². The molecule has 0 saturated carbocycles. The van der Waals surface area contributed by atoms with Crippen molar-refractivity contribution in [1.29, 1.82) is 5.41 Å². The minimum Gasteiger partial charge on any atom is -0.370 e. The first-order valence-corrected chi connectivity index (χ1v) is 12.4. The highest BCUT2D eigenvalue weighted by molar-refractivity contribution is 7.95. The number of carbonyl (C=O) groups excluding carboxylic acids is 1. The van der Waals surface area contributed by atoms with Crippen molar-refractivity contribution < 1.29 is 4.79 Å². The minimum absolute atomic E-state index is 0.0890. The van der Waals surface area contributed by atoms with Crippen molar-refractivity contribution in [3.63, 3.8) is 0 Å². The summed E-state index contributed by atoms with van der Waals surface area (Å²) in [6.45, 7) is 0.671. The van der Waals surface area contributed by atoms with Gasteiger partial charge in [0, 0.05) is 13.6 Å². The molecular formula is C25H30N4OP+. The number of rotatable bonds is 9. The number of nitrogens with one attached hydrogen (secondary N) is 2. The zero-order valence-electron chi connectivity index (χ0n) is 17.9. The molecule has 6 heteroatoms. The van der Waals surface area contributed by atoms with E-state index in [2.05, 4.69) is 96.3 Å². The van der Waals surface area contributed by atoms with Gasteiger partial charge in [0.25, 0.3) is 0 Å². The van der Waals surface area contributed by atoms with Gasteiger partial charge in [-0.25, -0.2) is 0 Å². The third-order valence-electron chi connectivity index (χ3n) is 5.38. The van der Waals surface area contributed by atoms with E-state index in [4.69, 9.17) is 11.1 Å². The maximum atomic E-state index is 12.2. The van der Waals surface area contributed by atoms with E-state index in [-0.39, 0.29) is 18.4 Å². The molecule has 31 heavy (non-hydrogen) atoms. The molecule has 0 aliphatic rings. The Morgan fingerprint density at radius 1 is 0.871 bits per heavy atom. The molecule has 0 spiro atoms. The van der Waals surface area contributed by atoms with Crippen molar-refractivity contribution in [2.45, 2.75) is 6.42 Å².